The Morgan fingerprint density at radius 2 is 1.82 bits per heavy atom. The van der Waals surface area contributed by atoms with Gasteiger partial charge in [0.25, 0.3) is 0 Å². The highest BCUT2D eigenvalue weighted by Crippen LogP contribution is 2.21. The zero-order chi connectivity index (χ0) is 12.8. The zero-order valence-corrected chi connectivity index (χ0v) is 10.3. The average molecular weight is 250 g/mol. The van der Waals surface area contributed by atoms with Gasteiger partial charge in [-0.25, -0.2) is 0 Å². The van der Waals surface area contributed by atoms with Gasteiger partial charge in [0.2, 0.25) is 0 Å². The molecule has 6 heteroatoms. The van der Waals surface area contributed by atoms with E-state index >= 15 is 0 Å². The van der Waals surface area contributed by atoms with Crippen LogP contribution in [0.25, 0.3) is 0 Å². The van der Waals surface area contributed by atoms with Gasteiger partial charge in [0.1, 0.15) is 24.4 Å². The first-order valence-electron chi connectivity index (χ1n) is 5.92. The summed E-state index contributed by atoms with van der Waals surface area (Å²) in [6, 6.07) is 0. The first kappa shape index (κ1) is 14.8. The van der Waals surface area contributed by atoms with E-state index in [1.54, 1.807) is 0 Å². The summed E-state index contributed by atoms with van der Waals surface area (Å²) < 4.78 is 15.5. The Kier molecular flexibility index (Phi) is 6.32. The summed E-state index contributed by atoms with van der Waals surface area (Å²) in [6.45, 7) is 2.81. The molecule has 0 saturated carbocycles. The van der Waals surface area contributed by atoms with Crippen LogP contribution in [0.4, 0.5) is 0 Å². The Bertz CT molecular complexity index is 210. The van der Waals surface area contributed by atoms with E-state index in [1.807, 2.05) is 0 Å². The molecule has 102 valence electrons. The predicted octanol–water partition coefficient (Wildman–Crippen LogP) is -0.743. The molecule has 1 aliphatic heterocycles. The lowest BCUT2D eigenvalue weighted by atomic mass is 9.99. The Morgan fingerprint density at radius 1 is 1.12 bits per heavy atom. The van der Waals surface area contributed by atoms with E-state index in [4.69, 9.17) is 14.2 Å². The molecule has 1 heterocycles. The van der Waals surface area contributed by atoms with Crippen molar-refractivity contribution in [3.05, 3.63) is 0 Å². The van der Waals surface area contributed by atoms with Crippen molar-refractivity contribution >= 4 is 0 Å². The van der Waals surface area contributed by atoms with Crippen LogP contribution in [0.15, 0.2) is 0 Å². The Hall–Kier alpha value is -0.240. The van der Waals surface area contributed by atoms with Gasteiger partial charge in [-0.05, 0) is 6.42 Å². The maximum Gasteiger partial charge on any atom is 0.186 e. The summed E-state index contributed by atoms with van der Waals surface area (Å²) in [5.41, 5.74) is 0. The highest BCUT2D eigenvalue weighted by Gasteiger charge is 2.43. The minimum Gasteiger partial charge on any atom is -0.387 e. The number of methoxy groups -OCH3 is 1. The largest absolute Gasteiger partial charge is 0.387 e. The molecular formula is C11H22O6. The van der Waals surface area contributed by atoms with Crippen molar-refractivity contribution in [1.82, 2.24) is 0 Å². The average Bonchev–Trinajstić information content (AvgIpc) is 2.34. The fourth-order valence-electron chi connectivity index (χ4n) is 1.69. The summed E-state index contributed by atoms with van der Waals surface area (Å²) in [7, 11) is 1.37. The summed E-state index contributed by atoms with van der Waals surface area (Å²) in [6.07, 6.45) is -3.37. The van der Waals surface area contributed by atoms with Crippen LogP contribution in [-0.2, 0) is 14.2 Å². The van der Waals surface area contributed by atoms with Crippen LogP contribution >= 0.6 is 0 Å². The second-order valence-electron chi connectivity index (χ2n) is 4.18. The smallest absolute Gasteiger partial charge is 0.186 e. The summed E-state index contributed by atoms with van der Waals surface area (Å²) in [5, 5.41) is 28.8. The van der Waals surface area contributed by atoms with Crippen molar-refractivity contribution in [2.45, 2.75) is 50.5 Å². The number of rotatable bonds is 6. The molecule has 17 heavy (non-hydrogen) atoms. The van der Waals surface area contributed by atoms with E-state index in [0.717, 1.165) is 12.8 Å². The molecule has 1 rings (SSSR count). The summed E-state index contributed by atoms with van der Waals surface area (Å²) in [5.74, 6) is 0. The lowest BCUT2D eigenvalue weighted by Crippen LogP contribution is -2.59. The molecule has 0 amide bonds. The summed E-state index contributed by atoms with van der Waals surface area (Å²) in [4.78, 5) is 0. The molecule has 0 aromatic carbocycles. The van der Waals surface area contributed by atoms with Crippen molar-refractivity contribution in [1.29, 1.82) is 0 Å². The lowest BCUT2D eigenvalue weighted by Gasteiger charge is -2.39. The molecule has 1 saturated heterocycles. The van der Waals surface area contributed by atoms with Crippen LogP contribution in [-0.4, -0.2) is 66.3 Å². The highest BCUT2D eigenvalue weighted by molar-refractivity contribution is 4.88. The van der Waals surface area contributed by atoms with Crippen LogP contribution in [0.5, 0.6) is 0 Å². The first-order valence-corrected chi connectivity index (χ1v) is 5.92. The van der Waals surface area contributed by atoms with E-state index in [-0.39, 0.29) is 6.61 Å². The van der Waals surface area contributed by atoms with Gasteiger partial charge in [-0.3, -0.25) is 0 Å². The molecule has 0 aromatic rings. The zero-order valence-electron chi connectivity index (χ0n) is 10.3. The normalized spacial score (nSPS) is 38.3. The molecule has 0 spiro atoms. The molecule has 1 aliphatic rings. The standard InChI is InChI=1S/C11H22O6/c1-3-4-5-16-6-7-8(12)9(13)10(14)11(15-2)17-7/h7-14H,3-6H2,1-2H3/t7-,8-,9+,10-,11+/m1/s1. The Balaban J connectivity index is 2.42. The third-order valence-electron chi connectivity index (χ3n) is 2.83. The SMILES string of the molecule is CCCCOC[C@H]1O[C@H](OC)[C@H](O)[C@@H](O)[C@@H]1O. The second-order valence-corrected chi connectivity index (χ2v) is 4.18. The topological polar surface area (TPSA) is 88.4 Å². The highest BCUT2D eigenvalue weighted by atomic mass is 16.7. The van der Waals surface area contributed by atoms with Crippen molar-refractivity contribution in [3.63, 3.8) is 0 Å². The Labute approximate surface area is 101 Å². The molecule has 3 N–H and O–H groups in total. The quantitative estimate of drug-likeness (QED) is 0.538. The van der Waals surface area contributed by atoms with Gasteiger partial charge in [0, 0.05) is 13.7 Å². The number of unbranched alkanes of at least 4 members (excludes halogenated alkanes) is 1. The fourth-order valence-corrected chi connectivity index (χ4v) is 1.69. The number of hydrogen-bond acceptors (Lipinski definition) is 6. The lowest BCUT2D eigenvalue weighted by molar-refractivity contribution is -0.296. The van der Waals surface area contributed by atoms with Crippen molar-refractivity contribution in [2.75, 3.05) is 20.3 Å². The van der Waals surface area contributed by atoms with Crippen LogP contribution in [0.1, 0.15) is 19.8 Å². The molecule has 0 aliphatic carbocycles. The number of hydrogen-bond donors (Lipinski definition) is 3. The molecule has 0 bridgehead atoms. The van der Waals surface area contributed by atoms with Crippen molar-refractivity contribution in [3.8, 4) is 0 Å². The monoisotopic (exact) mass is 250 g/mol. The van der Waals surface area contributed by atoms with Gasteiger partial charge in [-0.15, -0.1) is 0 Å². The number of aliphatic hydroxyl groups is 3. The minimum atomic E-state index is -1.28. The maximum absolute atomic E-state index is 9.71. The van der Waals surface area contributed by atoms with Crippen LogP contribution in [0, 0.1) is 0 Å². The van der Waals surface area contributed by atoms with Crippen LogP contribution < -0.4 is 0 Å². The third kappa shape index (κ3) is 3.87. The van der Waals surface area contributed by atoms with E-state index in [9.17, 15) is 15.3 Å². The molecule has 5 atom stereocenters. The fraction of sp³-hybridized carbons (Fsp3) is 1.00. The minimum absolute atomic E-state index is 0.171. The number of aliphatic hydroxyl groups excluding tert-OH is 3. The maximum atomic E-state index is 9.71. The van der Waals surface area contributed by atoms with Crippen molar-refractivity contribution in [2.24, 2.45) is 0 Å². The van der Waals surface area contributed by atoms with Gasteiger partial charge in [0.15, 0.2) is 6.29 Å². The molecule has 0 unspecified atom stereocenters. The van der Waals surface area contributed by atoms with Gasteiger partial charge in [0.05, 0.1) is 6.61 Å². The van der Waals surface area contributed by atoms with Crippen LogP contribution in [0.3, 0.4) is 0 Å². The second kappa shape index (κ2) is 7.25. The molecule has 0 aromatic heterocycles. The van der Waals surface area contributed by atoms with E-state index in [2.05, 4.69) is 6.92 Å². The third-order valence-corrected chi connectivity index (χ3v) is 2.83. The number of ether oxygens (including phenoxy) is 3. The van der Waals surface area contributed by atoms with Gasteiger partial charge in [-0.2, -0.15) is 0 Å². The van der Waals surface area contributed by atoms with E-state index in [0.29, 0.717) is 6.61 Å². The molecule has 1 fully saturated rings. The first-order chi connectivity index (χ1) is 8.11. The van der Waals surface area contributed by atoms with Gasteiger partial charge < -0.3 is 29.5 Å². The van der Waals surface area contributed by atoms with Gasteiger partial charge in [-0.1, -0.05) is 13.3 Å². The summed E-state index contributed by atoms with van der Waals surface area (Å²) >= 11 is 0. The van der Waals surface area contributed by atoms with Crippen molar-refractivity contribution < 1.29 is 29.5 Å². The Morgan fingerprint density at radius 3 is 2.41 bits per heavy atom. The molecular weight excluding hydrogens is 228 g/mol. The van der Waals surface area contributed by atoms with Crippen LogP contribution in [0.2, 0.25) is 0 Å². The van der Waals surface area contributed by atoms with E-state index < -0.39 is 30.7 Å². The molecule has 6 nitrogen and oxygen atoms in total. The van der Waals surface area contributed by atoms with Gasteiger partial charge >= 0.3 is 0 Å². The molecule has 0 radical (unpaired) electrons. The predicted molar refractivity (Wildman–Crippen MR) is 59.4 cm³/mol. The van der Waals surface area contributed by atoms with E-state index in [1.165, 1.54) is 7.11 Å².